The van der Waals surface area contributed by atoms with Gasteiger partial charge in [-0.15, -0.1) is 0 Å². The van der Waals surface area contributed by atoms with E-state index in [0.717, 1.165) is 6.08 Å². The Morgan fingerprint density at radius 1 is 1.39 bits per heavy atom. The van der Waals surface area contributed by atoms with E-state index < -0.39 is 11.9 Å². The van der Waals surface area contributed by atoms with Crippen LogP contribution in [0.15, 0.2) is 42.2 Å². The molecule has 18 heavy (non-hydrogen) atoms. The number of hydrogen-bond acceptors (Lipinski definition) is 5. The number of phenols is 1. The molecule has 92 valence electrons. The molecule has 2 rings (SSSR count). The number of benzene rings is 1. The SMILES string of the molecule is O=C1C=C/C(=C\C(=O)Oc2ccc(Cl)cc2O)O1. The number of rotatable bonds is 2. The third-order valence-corrected chi connectivity index (χ3v) is 2.23. The molecule has 0 amide bonds. The van der Waals surface area contributed by atoms with Gasteiger partial charge in [0, 0.05) is 17.2 Å². The van der Waals surface area contributed by atoms with Crippen LogP contribution in [0.5, 0.6) is 11.5 Å². The van der Waals surface area contributed by atoms with E-state index >= 15 is 0 Å². The fraction of sp³-hybridized carbons (Fsp3) is 0. The van der Waals surface area contributed by atoms with E-state index in [1.54, 1.807) is 0 Å². The maximum atomic E-state index is 11.4. The first kappa shape index (κ1) is 12.2. The quantitative estimate of drug-likeness (QED) is 0.503. The number of esters is 2. The van der Waals surface area contributed by atoms with Crippen molar-refractivity contribution in [3.05, 3.63) is 47.2 Å². The molecule has 0 atom stereocenters. The first-order valence-corrected chi connectivity index (χ1v) is 5.24. The number of phenolic OH excluding ortho intramolecular Hbond substituents is 1. The highest BCUT2D eigenvalue weighted by molar-refractivity contribution is 6.30. The maximum absolute atomic E-state index is 11.4. The van der Waals surface area contributed by atoms with Crippen molar-refractivity contribution in [1.82, 2.24) is 0 Å². The van der Waals surface area contributed by atoms with Gasteiger partial charge in [-0.1, -0.05) is 11.6 Å². The second-order valence-electron chi connectivity index (χ2n) is 3.33. The Morgan fingerprint density at radius 3 is 2.78 bits per heavy atom. The van der Waals surface area contributed by atoms with Crippen LogP contribution < -0.4 is 4.74 Å². The summed E-state index contributed by atoms with van der Waals surface area (Å²) in [5.74, 6) is -1.54. The molecule has 0 aromatic heterocycles. The summed E-state index contributed by atoms with van der Waals surface area (Å²) in [6.45, 7) is 0. The molecule has 6 heteroatoms. The Labute approximate surface area is 107 Å². The molecule has 1 heterocycles. The van der Waals surface area contributed by atoms with Crippen molar-refractivity contribution < 1.29 is 24.2 Å². The Hall–Kier alpha value is -2.27. The smallest absolute Gasteiger partial charge is 0.340 e. The van der Waals surface area contributed by atoms with Crippen LogP contribution in [0.2, 0.25) is 5.02 Å². The number of carbonyl (C=O) groups excluding carboxylic acids is 2. The molecule has 1 aromatic carbocycles. The zero-order valence-corrected chi connectivity index (χ0v) is 9.68. The van der Waals surface area contributed by atoms with E-state index in [4.69, 9.17) is 16.3 Å². The Morgan fingerprint density at radius 2 is 2.17 bits per heavy atom. The minimum absolute atomic E-state index is 0.0328. The molecule has 0 saturated heterocycles. The zero-order chi connectivity index (χ0) is 13.1. The second-order valence-corrected chi connectivity index (χ2v) is 3.77. The molecular weight excluding hydrogens is 260 g/mol. The average molecular weight is 267 g/mol. The van der Waals surface area contributed by atoms with Crippen LogP contribution in [0.25, 0.3) is 0 Å². The summed E-state index contributed by atoms with van der Waals surface area (Å²) in [7, 11) is 0. The van der Waals surface area contributed by atoms with Crippen molar-refractivity contribution in [2.75, 3.05) is 0 Å². The third-order valence-electron chi connectivity index (χ3n) is 1.99. The molecule has 0 saturated carbocycles. The van der Waals surface area contributed by atoms with Gasteiger partial charge in [0.1, 0.15) is 5.76 Å². The van der Waals surface area contributed by atoms with Crippen molar-refractivity contribution >= 4 is 23.5 Å². The molecule has 0 fully saturated rings. The Kier molecular flexibility index (Phi) is 3.34. The lowest BCUT2D eigenvalue weighted by Crippen LogP contribution is -2.05. The highest BCUT2D eigenvalue weighted by Crippen LogP contribution is 2.29. The van der Waals surface area contributed by atoms with Crippen LogP contribution in [0.1, 0.15) is 0 Å². The van der Waals surface area contributed by atoms with Crippen LogP contribution >= 0.6 is 11.6 Å². The molecule has 5 nitrogen and oxygen atoms in total. The monoisotopic (exact) mass is 266 g/mol. The minimum atomic E-state index is -0.776. The van der Waals surface area contributed by atoms with Gasteiger partial charge in [-0.2, -0.15) is 0 Å². The number of cyclic esters (lactones) is 1. The summed E-state index contributed by atoms with van der Waals surface area (Å²) in [6.07, 6.45) is 3.51. The Balaban J connectivity index is 2.08. The summed E-state index contributed by atoms with van der Waals surface area (Å²) >= 11 is 5.63. The van der Waals surface area contributed by atoms with E-state index in [1.165, 1.54) is 30.4 Å². The van der Waals surface area contributed by atoms with Crippen LogP contribution in [-0.4, -0.2) is 17.0 Å². The number of carbonyl (C=O) groups is 2. The van der Waals surface area contributed by atoms with Crippen molar-refractivity contribution in [3.8, 4) is 11.5 Å². The van der Waals surface area contributed by atoms with Gasteiger partial charge >= 0.3 is 11.9 Å². The van der Waals surface area contributed by atoms with E-state index in [0.29, 0.717) is 5.02 Å². The normalized spacial score (nSPS) is 15.8. The fourth-order valence-electron chi connectivity index (χ4n) is 1.24. The molecule has 1 aliphatic heterocycles. The van der Waals surface area contributed by atoms with Crippen LogP contribution in [-0.2, 0) is 14.3 Å². The molecule has 0 aliphatic carbocycles. The van der Waals surface area contributed by atoms with Crippen molar-refractivity contribution in [1.29, 1.82) is 0 Å². The molecule has 1 aliphatic rings. The van der Waals surface area contributed by atoms with Gasteiger partial charge in [-0.25, -0.2) is 9.59 Å². The lowest BCUT2D eigenvalue weighted by atomic mass is 10.3. The van der Waals surface area contributed by atoms with E-state index in [2.05, 4.69) is 4.74 Å². The minimum Gasteiger partial charge on any atom is -0.504 e. The van der Waals surface area contributed by atoms with Gasteiger partial charge in [0.25, 0.3) is 0 Å². The second kappa shape index (κ2) is 4.93. The molecule has 0 bridgehead atoms. The molecule has 0 unspecified atom stereocenters. The van der Waals surface area contributed by atoms with Gasteiger partial charge in [0.2, 0.25) is 0 Å². The van der Waals surface area contributed by atoms with E-state index in [1.807, 2.05) is 0 Å². The molecule has 1 aromatic rings. The first-order valence-electron chi connectivity index (χ1n) is 4.86. The Bertz CT molecular complexity index is 574. The van der Waals surface area contributed by atoms with E-state index in [-0.39, 0.29) is 17.3 Å². The average Bonchev–Trinajstić information content (AvgIpc) is 2.68. The van der Waals surface area contributed by atoms with Gasteiger partial charge in [-0.3, -0.25) is 0 Å². The highest BCUT2D eigenvalue weighted by Gasteiger charge is 2.13. The molecule has 0 spiro atoms. The topological polar surface area (TPSA) is 72.8 Å². The highest BCUT2D eigenvalue weighted by atomic mass is 35.5. The summed E-state index contributed by atoms with van der Waals surface area (Å²) in [6, 6.07) is 4.06. The van der Waals surface area contributed by atoms with Crippen LogP contribution in [0, 0.1) is 0 Å². The van der Waals surface area contributed by atoms with Gasteiger partial charge in [-0.05, 0) is 18.2 Å². The number of aromatic hydroxyl groups is 1. The van der Waals surface area contributed by atoms with Crippen molar-refractivity contribution in [2.24, 2.45) is 0 Å². The maximum Gasteiger partial charge on any atom is 0.340 e. The summed E-state index contributed by atoms with van der Waals surface area (Å²) in [5, 5.41) is 9.78. The number of ether oxygens (including phenoxy) is 2. The largest absolute Gasteiger partial charge is 0.504 e. The summed E-state index contributed by atoms with van der Waals surface area (Å²) in [4.78, 5) is 22.2. The fourth-order valence-corrected chi connectivity index (χ4v) is 1.41. The molecule has 0 radical (unpaired) electrons. The third kappa shape index (κ3) is 2.89. The predicted molar refractivity (Wildman–Crippen MR) is 62.1 cm³/mol. The first-order chi connectivity index (χ1) is 8.54. The lowest BCUT2D eigenvalue weighted by molar-refractivity contribution is -0.132. The lowest BCUT2D eigenvalue weighted by Gasteiger charge is -2.04. The van der Waals surface area contributed by atoms with Gasteiger partial charge in [0.15, 0.2) is 11.5 Å². The number of allylic oxidation sites excluding steroid dienone is 1. The van der Waals surface area contributed by atoms with E-state index in [9.17, 15) is 14.7 Å². The standard InChI is InChI=1S/C12H7ClO5/c13-7-1-3-10(9(14)5-7)18-12(16)6-8-2-4-11(15)17-8/h1-6,14H/b8-6+. The predicted octanol–water partition coefficient (Wildman–Crippen LogP) is 1.95. The summed E-state index contributed by atoms with van der Waals surface area (Å²) in [5.41, 5.74) is 0. The summed E-state index contributed by atoms with van der Waals surface area (Å²) < 4.78 is 9.49. The van der Waals surface area contributed by atoms with Gasteiger partial charge in [0.05, 0.1) is 6.08 Å². The van der Waals surface area contributed by atoms with Crippen LogP contribution in [0.4, 0.5) is 0 Å². The zero-order valence-electron chi connectivity index (χ0n) is 8.92. The van der Waals surface area contributed by atoms with Crippen molar-refractivity contribution in [2.45, 2.75) is 0 Å². The van der Waals surface area contributed by atoms with Gasteiger partial charge < -0.3 is 14.6 Å². The number of hydrogen-bond donors (Lipinski definition) is 1. The van der Waals surface area contributed by atoms with Crippen LogP contribution in [0.3, 0.4) is 0 Å². The molecule has 1 N–H and O–H groups in total. The van der Waals surface area contributed by atoms with Crippen molar-refractivity contribution in [3.63, 3.8) is 0 Å². The molecular formula is C12H7ClO5. The number of halogens is 1.